The molecule has 0 heterocycles. The van der Waals surface area contributed by atoms with Gasteiger partial charge in [0.15, 0.2) is 0 Å². The third-order valence-electron chi connectivity index (χ3n) is 4.71. The average Bonchev–Trinajstić information content (AvgIpc) is 2.08. The van der Waals surface area contributed by atoms with Crippen molar-refractivity contribution in [1.29, 1.82) is 0 Å². The van der Waals surface area contributed by atoms with Crippen LogP contribution < -0.4 is 5.32 Å². The Kier molecular flexibility index (Phi) is 2.40. The second-order valence-electron chi connectivity index (χ2n) is 5.42. The molecule has 0 aliphatic heterocycles. The van der Waals surface area contributed by atoms with E-state index >= 15 is 0 Å². The number of rotatable bonds is 2. The van der Waals surface area contributed by atoms with E-state index in [0.29, 0.717) is 5.41 Å². The monoisotopic (exact) mass is 199 g/mol. The Morgan fingerprint density at radius 2 is 2.08 bits per heavy atom. The molecule has 2 heteroatoms. The fourth-order valence-corrected chi connectivity index (χ4v) is 3.77. The smallest absolute Gasteiger partial charge is 0.0389 e. The number of thiol groups is 1. The molecule has 0 unspecified atom stereocenters. The van der Waals surface area contributed by atoms with Crippen LogP contribution in [-0.4, -0.2) is 11.9 Å². The molecule has 76 valence electrons. The first-order chi connectivity index (χ1) is 6.07. The maximum Gasteiger partial charge on any atom is 0.0389 e. The van der Waals surface area contributed by atoms with Crippen LogP contribution in [0.2, 0.25) is 0 Å². The molecule has 1 N–H and O–H groups in total. The summed E-state index contributed by atoms with van der Waals surface area (Å²) in [6, 6.07) is 0.731. The summed E-state index contributed by atoms with van der Waals surface area (Å²) in [7, 11) is 0. The molecule has 0 aromatic heterocycles. The average molecular weight is 199 g/mol. The maximum absolute atomic E-state index is 4.25. The molecule has 13 heavy (non-hydrogen) atoms. The van der Waals surface area contributed by atoms with Crippen molar-refractivity contribution in [3.05, 3.63) is 0 Å². The minimum absolute atomic E-state index is 0.619. The van der Waals surface area contributed by atoms with Crippen molar-refractivity contribution in [1.82, 2.24) is 5.32 Å². The number of hydrogen-bond donors (Lipinski definition) is 2. The predicted molar refractivity (Wildman–Crippen MR) is 59.9 cm³/mol. The van der Waals surface area contributed by atoms with Gasteiger partial charge in [0.05, 0.1) is 0 Å². The van der Waals surface area contributed by atoms with Crippen LogP contribution in [0.1, 0.15) is 33.6 Å². The van der Waals surface area contributed by atoms with Crippen molar-refractivity contribution in [2.75, 3.05) is 5.88 Å². The van der Waals surface area contributed by atoms with Gasteiger partial charge in [-0.15, -0.1) is 0 Å². The van der Waals surface area contributed by atoms with Crippen LogP contribution in [0.4, 0.5) is 0 Å². The van der Waals surface area contributed by atoms with E-state index in [0.717, 1.165) is 29.7 Å². The summed E-state index contributed by atoms with van der Waals surface area (Å²) in [6.07, 6.45) is 2.84. The van der Waals surface area contributed by atoms with Gasteiger partial charge in [0.2, 0.25) is 0 Å². The lowest BCUT2D eigenvalue weighted by Gasteiger charge is -2.62. The first-order valence-electron chi connectivity index (χ1n) is 5.41. The summed E-state index contributed by atoms with van der Waals surface area (Å²) < 4.78 is 0. The summed E-state index contributed by atoms with van der Waals surface area (Å²) >= 11 is 4.25. The van der Waals surface area contributed by atoms with E-state index in [1.54, 1.807) is 0 Å². The fraction of sp³-hybridized carbons (Fsp3) is 1.00. The largest absolute Gasteiger partial charge is 0.305 e. The second kappa shape index (κ2) is 3.16. The summed E-state index contributed by atoms with van der Waals surface area (Å²) in [6.45, 7) is 7.29. The Morgan fingerprint density at radius 1 is 1.38 bits per heavy atom. The van der Waals surface area contributed by atoms with Crippen LogP contribution in [0.3, 0.4) is 0 Å². The van der Waals surface area contributed by atoms with E-state index in [1.807, 2.05) is 0 Å². The van der Waals surface area contributed by atoms with Gasteiger partial charge in [-0.25, -0.2) is 0 Å². The van der Waals surface area contributed by atoms with Gasteiger partial charge in [0.1, 0.15) is 0 Å². The zero-order chi connectivity index (χ0) is 9.64. The zero-order valence-electron chi connectivity index (χ0n) is 8.88. The molecule has 3 aliphatic rings. The Morgan fingerprint density at radius 3 is 2.54 bits per heavy atom. The molecule has 0 aromatic rings. The SMILES string of the molecule is C[C@@H]1[C@H]2C[C@@H](C[C@H]1NCS)C2(C)C. The molecule has 0 radical (unpaired) electrons. The lowest BCUT2D eigenvalue weighted by atomic mass is 9.45. The van der Waals surface area contributed by atoms with E-state index in [1.165, 1.54) is 12.8 Å². The first-order valence-corrected chi connectivity index (χ1v) is 6.05. The molecule has 4 atom stereocenters. The van der Waals surface area contributed by atoms with Gasteiger partial charge in [-0.3, -0.25) is 0 Å². The van der Waals surface area contributed by atoms with Crippen molar-refractivity contribution < 1.29 is 0 Å². The molecule has 0 amide bonds. The minimum Gasteiger partial charge on any atom is -0.305 e. The van der Waals surface area contributed by atoms with E-state index < -0.39 is 0 Å². The third kappa shape index (κ3) is 1.33. The highest BCUT2D eigenvalue weighted by Crippen LogP contribution is 2.61. The molecule has 0 aromatic carbocycles. The fourth-order valence-electron chi connectivity index (χ4n) is 3.54. The number of fused-ring (bicyclic) bond motifs is 2. The van der Waals surface area contributed by atoms with Gasteiger partial charge < -0.3 is 5.32 Å². The molecule has 0 spiro atoms. The third-order valence-corrected chi connectivity index (χ3v) is 4.89. The highest BCUT2D eigenvalue weighted by molar-refractivity contribution is 7.80. The Balaban J connectivity index is 2.03. The lowest BCUT2D eigenvalue weighted by molar-refractivity contribution is -0.114. The Hall–Kier alpha value is 0.310. The number of hydrogen-bond acceptors (Lipinski definition) is 2. The van der Waals surface area contributed by atoms with E-state index in [4.69, 9.17) is 0 Å². The molecule has 1 nitrogen and oxygen atoms in total. The molecule has 3 rings (SSSR count). The second-order valence-corrected chi connectivity index (χ2v) is 5.74. The van der Waals surface area contributed by atoms with Crippen molar-refractivity contribution >= 4 is 12.6 Å². The van der Waals surface area contributed by atoms with Crippen LogP contribution in [0, 0.1) is 23.2 Å². The molecular formula is C11H21NS. The lowest BCUT2D eigenvalue weighted by Crippen LogP contribution is -2.59. The van der Waals surface area contributed by atoms with Crippen LogP contribution >= 0.6 is 12.6 Å². The van der Waals surface area contributed by atoms with E-state index in [2.05, 4.69) is 38.7 Å². The summed E-state index contributed by atoms with van der Waals surface area (Å²) in [5.74, 6) is 3.58. The molecule has 3 fully saturated rings. The summed E-state index contributed by atoms with van der Waals surface area (Å²) in [4.78, 5) is 0. The van der Waals surface area contributed by atoms with E-state index in [9.17, 15) is 0 Å². The van der Waals surface area contributed by atoms with Crippen molar-refractivity contribution in [3.8, 4) is 0 Å². The van der Waals surface area contributed by atoms with Crippen LogP contribution in [0.5, 0.6) is 0 Å². The molecule has 0 saturated heterocycles. The van der Waals surface area contributed by atoms with Gasteiger partial charge in [-0.05, 0) is 36.0 Å². The highest BCUT2D eigenvalue weighted by atomic mass is 32.1. The minimum atomic E-state index is 0.619. The van der Waals surface area contributed by atoms with Crippen molar-refractivity contribution in [2.24, 2.45) is 23.2 Å². The zero-order valence-corrected chi connectivity index (χ0v) is 9.77. The van der Waals surface area contributed by atoms with Crippen molar-refractivity contribution in [2.45, 2.75) is 39.7 Å². The van der Waals surface area contributed by atoms with Gasteiger partial charge in [0, 0.05) is 11.9 Å². The first kappa shape index (κ1) is 9.85. The molecule has 3 saturated carbocycles. The standard InChI is InChI=1S/C11H21NS/c1-7-9-4-8(11(9,2)3)5-10(7)12-6-13/h7-10,12-13H,4-6H2,1-3H3/t7-,8+,9-,10-/m1/s1. The van der Waals surface area contributed by atoms with Crippen molar-refractivity contribution in [3.63, 3.8) is 0 Å². The normalized spacial score (nSPS) is 47.1. The van der Waals surface area contributed by atoms with Crippen LogP contribution in [0.25, 0.3) is 0 Å². The van der Waals surface area contributed by atoms with Crippen LogP contribution in [-0.2, 0) is 0 Å². The van der Waals surface area contributed by atoms with Gasteiger partial charge in [-0.1, -0.05) is 20.8 Å². The quantitative estimate of drug-likeness (QED) is 0.514. The van der Waals surface area contributed by atoms with Gasteiger partial charge in [0.25, 0.3) is 0 Å². The summed E-state index contributed by atoms with van der Waals surface area (Å²) in [5.41, 5.74) is 0.619. The molecule has 3 aliphatic carbocycles. The Bertz CT molecular complexity index is 202. The maximum atomic E-state index is 4.25. The topological polar surface area (TPSA) is 12.0 Å². The predicted octanol–water partition coefficient (Wildman–Crippen LogP) is 2.53. The van der Waals surface area contributed by atoms with E-state index in [-0.39, 0.29) is 0 Å². The summed E-state index contributed by atoms with van der Waals surface area (Å²) in [5, 5.41) is 3.50. The Labute approximate surface area is 87.1 Å². The molecular weight excluding hydrogens is 178 g/mol. The van der Waals surface area contributed by atoms with Gasteiger partial charge >= 0.3 is 0 Å². The van der Waals surface area contributed by atoms with Crippen LogP contribution in [0.15, 0.2) is 0 Å². The highest BCUT2D eigenvalue weighted by Gasteiger charge is 2.55. The number of nitrogens with one attached hydrogen (secondary N) is 1. The molecule has 2 bridgehead atoms. The van der Waals surface area contributed by atoms with Gasteiger partial charge in [-0.2, -0.15) is 12.6 Å².